The van der Waals surface area contributed by atoms with Gasteiger partial charge in [-0.2, -0.15) is 5.10 Å². The Morgan fingerprint density at radius 3 is 2.13 bits per heavy atom. The van der Waals surface area contributed by atoms with Gasteiger partial charge in [0.2, 0.25) is 0 Å². The minimum atomic E-state index is -1.15. The first-order valence-electron chi connectivity index (χ1n) is 9.71. The van der Waals surface area contributed by atoms with Crippen LogP contribution >= 0.6 is 11.3 Å². The number of nitrogens with zero attached hydrogens (tertiary/aromatic N) is 3. The van der Waals surface area contributed by atoms with Crippen LogP contribution in [0.2, 0.25) is 0 Å². The first-order chi connectivity index (χ1) is 15.0. The number of carbonyl (C=O) groups is 2. The Balaban J connectivity index is 1.46. The third-order valence-corrected chi connectivity index (χ3v) is 6.15. The van der Waals surface area contributed by atoms with Gasteiger partial charge < -0.3 is 5.11 Å². The Morgan fingerprint density at radius 2 is 1.48 bits per heavy atom. The van der Waals surface area contributed by atoms with Gasteiger partial charge in [0.1, 0.15) is 5.69 Å². The van der Waals surface area contributed by atoms with E-state index >= 15 is 0 Å². The number of hydrogen-bond donors (Lipinski definition) is 1. The van der Waals surface area contributed by atoms with E-state index in [1.165, 1.54) is 16.0 Å². The van der Waals surface area contributed by atoms with Gasteiger partial charge in [-0.05, 0) is 29.6 Å². The average Bonchev–Trinajstić information content (AvgIpc) is 3.40. The van der Waals surface area contributed by atoms with E-state index in [4.69, 9.17) is 0 Å². The van der Waals surface area contributed by atoms with Crippen LogP contribution < -0.4 is 5.56 Å². The summed E-state index contributed by atoms with van der Waals surface area (Å²) in [5, 5.41) is 18.3. The maximum atomic E-state index is 13.0. The van der Waals surface area contributed by atoms with Crippen LogP contribution in [0.25, 0.3) is 21.3 Å². The number of carbonyl (C=O) groups excluding carboxylic acids is 2. The molecule has 3 heterocycles. The Bertz CT molecular complexity index is 1340. The molecule has 2 amide bonds. The van der Waals surface area contributed by atoms with Crippen LogP contribution in [0.4, 0.5) is 0 Å². The van der Waals surface area contributed by atoms with Crippen LogP contribution in [0.1, 0.15) is 20.7 Å². The zero-order valence-corrected chi connectivity index (χ0v) is 17.1. The van der Waals surface area contributed by atoms with E-state index in [1.54, 1.807) is 36.4 Å². The van der Waals surface area contributed by atoms with E-state index in [0.717, 1.165) is 15.2 Å². The summed E-state index contributed by atoms with van der Waals surface area (Å²) in [6.07, 6.45) is -1.15. The van der Waals surface area contributed by atoms with Crippen molar-refractivity contribution in [3.63, 3.8) is 0 Å². The lowest BCUT2D eigenvalue weighted by atomic mass is 10.1. The van der Waals surface area contributed by atoms with Crippen molar-refractivity contribution < 1.29 is 14.7 Å². The van der Waals surface area contributed by atoms with Crippen molar-refractivity contribution in [3.05, 3.63) is 87.5 Å². The molecule has 0 fully saturated rings. The molecule has 2 aromatic carbocycles. The number of aromatic nitrogens is 2. The van der Waals surface area contributed by atoms with Gasteiger partial charge in [-0.25, -0.2) is 4.68 Å². The topological polar surface area (TPSA) is 92.5 Å². The van der Waals surface area contributed by atoms with E-state index in [1.807, 2.05) is 29.6 Å². The van der Waals surface area contributed by atoms with Gasteiger partial charge in [0.05, 0.1) is 40.6 Å². The molecule has 8 heteroatoms. The molecule has 0 unspecified atom stereocenters. The number of β-amino-alcohol motifs (C(OH)–C–C–N with tert-alkyl or cyclic N) is 1. The summed E-state index contributed by atoms with van der Waals surface area (Å²) in [6, 6.07) is 17.6. The molecule has 1 aliphatic rings. The number of thiophene rings is 1. The summed E-state index contributed by atoms with van der Waals surface area (Å²) in [5.41, 5.74) is 0.955. The molecule has 0 saturated carbocycles. The van der Waals surface area contributed by atoms with Crippen molar-refractivity contribution in [2.45, 2.75) is 12.6 Å². The van der Waals surface area contributed by atoms with Crippen molar-refractivity contribution in [2.24, 2.45) is 0 Å². The van der Waals surface area contributed by atoms with Crippen LogP contribution in [-0.2, 0) is 6.54 Å². The lowest BCUT2D eigenvalue weighted by Crippen LogP contribution is -2.40. The quantitative estimate of drug-likeness (QED) is 0.491. The molecule has 1 atom stereocenters. The van der Waals surface area contributed by atoms with Gasteiger partial charge >= 0.3 is 0 Å². The van der Waals surface area contributed by atoms with Crippen molar-refractivity contribution in [1.82, 2.24) is 14.7 Å². The Kier molecular flexibility index (Phi) is 4.72. The van der Waals surface area contributed by atoms with Gasteiger partial charge in [0, 0.05) is 5.39 Å². The van der Waals surface area contributed by atoms with Crippen LogP contribution in [0, 0.1) is 0 Å². The number of rotatable bonds is 5. The van der Waals surface area contributed by atoms with Crippen LogP contribution in [-0.4, -0.2) is 44.3 Å². The molecule has 0 spiro atoms. The smallest absolute Gasteiger partial charge is 0.274 e. The van der Waals surface area contributed by atoms with Crippen LogP contribution in [0.5, 0.6) is 0 Å². The van der Waals surface area contributed by atoms with Gasteiger partial charge in [-0.15, -0.1) is 11.3 Å². The second kappa shape index (κ2) is 7.57. The minimum Gasteiger partial charge on any atom is -0.389 e. The summed E-state index contributed by atoms with van der Waals surface area (Å²) in [4.78, 5) is 40.0. The summed E-state index contributed by atoms with van der Waals surface area (Å²) in [5.74, 6) is -0.893. The SMILES string of the molecule is O=C1c2ccccc2C(=O)N1C[C@H](O)Cn1nc(-c2cccs2)c2ccccc2c1=O. The monoisotopic (exact) mass is 431 g/mol. The van der Waals surface area contributed by atoms with Gasteiger partial charge in [-0.3, -0.25) is 19.3 Å². The maximum Gasteiger partial charge on any atom is 0.274 e. The number of benzene rings is 2. The third kappa shape index (κ3) is 3.26. The molecule has 0 aliphatic carbocycles. The third-order valence-electron chi connectivity index (χ3n) is 5.28. The second-order valence-electron chi connectivity index (χ2n) is 7.28. The fourth-order valence-electron chi connectivity index (χ4n) is 3.83. The molecule has 0 bridgehead atoms. The highest BCUT2D eigenvalue weighted by atomic mass is 32.1. The molecule has 7 nitrogen and oxygen atoms in total. The molecule has 5 rings (SSSR count). The van der Waals surface area contributed by atoms with Gasteiger partial charge in [0.25, 0.3) is 17.4 Å². The number of hydrogen-bond acceptors (Lipinski definition) is 6. The number of aliphatic hydroxyl groups excluding tert-OH is 1. The van der Waals surface area contributed by atoms with E-state index in [-0.39, 0.29) is 18.6 Å². The summed E-state index contributed by atoms with van der Waals surface area (Å²) in [6.45, 7) is -0.364. The van der Waals surface area contributed by atoms with Crippen molar-refractivity contribution in [2.75, 3.05) is 6.54 Å². The molecule has 2 aromatic heterocycles. The van der Waals surface area contributed by atoms with Crippen molar-refractivity contribution >= 4 is 33.9 Å². The molecule has 0 radical (unpaired) electrons. The molecule has 4 aromatic rings. The molecular formula is C23H17N3O4S. The van der Waals surface area contributed by atoms with E-state index in [2.05, 4.69) is 5.10 Å². The summed E-state index contributed by atoms with van der Waals surface area (Å²) < 4.78 is 1.21. The highest BCUT2D eigenvalue weighted by molar-refractivity contribution is 7.13. The fourth-order valence-corrected chi connectivity index (χ4v) is 4.55. The molecular weight excluding hydrogens is 414 g/mol. The highest BCUT2D eigenvalue weighted by Crippen LogP contribution is 2.28. The van der Waals surface area contributed by atoms with Gasteiger partial charge in [-0.1, -0.05) is 36.4 Å². The Hall–Kier alpha value is -3.62. The summed E-state index contributed by atoms with van der Waals surface area (Å²) in [7, 11) is 0. The fraction of sp³-hybridized carbons (Fsp3) is 0.130. The van der Waals surface area contributed by atoms with Crippen LogP contribution in [0.3, 0.4) is 0 Å². The number of amides is 2. The predicted octanol–water partition coefficient (Wildman–Crippen LogP) is 2.78. The Labute approximate surface area is 180 Å². The molecule has 31 heavy (non-hydrogen) atoms. The van der Waals surface area contributed by atoms with Crippen molar-refractivity contribution in [3.8, 4) is 10.6 Å². The van der Waals surface area contributed by atoms with Crippen LogP contribution in [0.15, 0.2) is 70.8 Å². The largest absolute Gasteiger partial charge is 0.389 e. The standard InChI is InChI=1S/C23H17N3O4S/c27-14(12-25-21(28)17-8-3-4-9-18(17)22(25)29)13-26-23(30)16-7-2-1-6-15(16)20(24-26)19-10-5-11-31-19/h1-11,14,27H,12-13H2/t14-/m0/s1. The van der Waals surface area contributed by atoms with E-state index in [9.17, 15) is 19.5 Å². The molecule has 1 N–H and O–H groups in total. The normalized spacial score (nSPS) is 14.3. The number of imide groups is 1. The number of aliphatic hydroxyl groups is 1. The zero-order chi connectivity index (χ0) is 21.5. The first-order valence-corrected chi connectivity index (χ1v) is 10.6. The number of fused-ring (bicyclic) bond motifs is 2. The molecule has 154 valence electrons. The second-order valence-corrected chi connectivity index (χ2v) is 8.23. The highest BCUT2D eigenvalue weighted by Gasteiger charge is 2.36. The van der Waals surface area contributed by atoms with E-state index in [0.29, 0.717) is 22.2 Å². The molecule has 0 saturated heterocycles. The first kappa shape index (κ1) is 19.3. The predicted molar refractivity (Wildman–Crippen MR) is 117 cm³/mol. The van der Waals surface area contributed by atoms with E-state index < -0.39 is 17.9 Å². The maximum absolute atomic E-state index is 13.0. The van der Waals surface area contributed by atoms with Crippen molar-refractivity contribution in [1.29, 1.82) is 0 Å². The van der Waals surface area contributed by atoms with Gasteiger partial charge in [0.15, 0.2) is 0 Å². The lowest BCUT2D eigenvalue weighted by molar-refractivity contribution is 0.0513. The average molecular weight is 431 g/mol. The molecule has 1 aliphatic heterocycles. The Morgan fingerprint density at radius 1 is 0.839 bits per heavy atom. The summed E-state index contributed by atoms with van der Waals surface area (Å²) >= 11 is 1.51. The minimum absolute atomic E-state index is 0.143. The zero-order valence-electron chi connectivity index (χ0n) is 16.3. The lowest BCUT2D eigenvalue weighted by Gasteiger charge is -2.19.